The molecule has 1 amide bonds. The second-order valence-electron chi connectivity index (χ2n) is 8.53. The quantitative estimate of drug-likeness (QED) is 0.460. The van der Waals surface area contributed by atoms with Gasteiger partial charge in [0.1, 0.15) is 17.7 Å². The van der Waals surface area contributed by atoms with Crippen molar-refractivity contribution < 1.29 is 19.2 Å². The molecule has 1 saturated carbocycles. The summed E-state index contributed by atoms with van der Waals surface area (Å²) < 4.78 is 12.6. The minimum atomic E-state index is -0.320. The summed E-state index contributed by atoms with van der Waals surface area (Å²) in [5.41, 5.74) is 3.16. The van der Waals surface area contributed by atoms with E-state index in [9.17, 15) is 9.90 Å². The van der Waals surface area contributed by atoms with Crippen molar-refractivity contribution >= 4 is 17.2 Å². The Hall–Kier alpha value is -3.79. The van der Waals surface area contributed by atoms with Gasteiger partial charge < -0.3 is 19.7 Å². The second kappa shape index (κ2) is 8.28. The normalized spacial score (nSPS) is 17.8. The molecule has 0 saturated heterocycles. The molecular formula is C23H24N6O4. The fraction of sp³-hybridized carbons (Fsp3) is 0.348. The van der Waals surface area contributed by atoms with Gasteiger partial charge in [0.25, 0.3) is 5.91 Å². The zero-order chi connectivity index (χ0) is 23.1. The number of aliphatic hydroxyl groups is 1. The number of rotatable bonds is 6. The summed E-state index contributed by atoms with van der Waals surface area (Å²) >= 11 is 0. The van der Waals surface area contributed by atoms with Crippen LogP contribution in [0.1, 0.15) is 54.5 Å². The van der Waals surface area contributed by atoms with Crippen LogP contribution >= 0.6 is 0 Å². The van der Waals surface area contributed by atoms with E-state index in [1.54, 1.807) is 10.5 Å². The van der Waals surface area contributed by atoms with Crippen LogP contribution in [0.25, 0.3) is 17.0 Å². The Bertz CT molecular complexity index is 1320. The molecule has 0 unspecified atom stereocenters. The number of hydrogen-bond donors (Lipinski definition) is 2. The van der Waals surface area contributed by atoms with Gasteiger partial charge in [-0.05, 0) is 45.2 Å². The Balaban J connectivity index is 1.36. The van der Waals surface area contributed by atoms with Gasteiger partial charge in [-0.2, -0.15) is 4.98 Å². The molecule has 170 valence electrons. The van der Waals surface area contributed by atoms with Crippen molar-refractivity contribution in [1.82, 2.24) is 24.5 Å². The number of carbonyl (C=O) groups is 1. The molecule has 3 aromatic heterocycles. The lowest BCUT2D eigenvalue weighted by Crippen LogP contribution is -2.26. The van der Waals surface area contributed by atoms with Gasteiger partial charge in [-0.3, -0.25) is 9.20 Å². The highest BCUT2D eigenvalue weighted by molar-refractivity contribution is 6.04. The van der Waals surface area contributed by atoms with Gasteiger partial charge in [-0.1, -0.05) is 17.3 Å². The van der Waals surface area contributed by atoms with Crippen LogP contribution < -0.4 is 10.1 Å². The maximum Gasteiger partial charge on any atom is 0.274 e. The average molecular weight is 448 g/mol. The highest BCUT2D eigenvalue weighted by Gasteiger charge is 2.33. The first-order valence-electron chi connectivity index (χ1n) is 10.8. The molecule has 5 rings (SSSR count). The third-order valence-electron chi connectivity index (χ3n) is 5.62. The number of hydrogen-bond acceptors (Lipinski definition) is 8. The van der Waals surface area contributed by atoms with Crippen LogP contribution in [0.3, 0.4) is 0 Å². The lowest BCUT2D eigenvalue weighted by atomic mass is 9.82. The van der Waals surface area contributed by atoms with Crippen molar-refractivity contribution in [3.63, 3.8) is 0 Å². The van der Waals surface area contributed by atoms with Crippen LogP contribution in [0.2, 0.25) is 0 Å². The van der Waals surface area contributed by atoms with Crippen molar-refractivity contribution in [2.75, 3.05) is 5.32 Å². The number of aromatic nitrogens is 5. The van der Waals surface area contributed by atoms with Crippen molar-refractivity contribution in [2.45, 2.75) is 51.7 Å². The topological polar surface area (TPSA) is 128 Å². The second-order valence-corrected chi connectivity index (χ2v) is 8.53. The summed E-state index contributed by atoms with van der Waals surface area (Å²) in [6, 6.07) is 7.27. The molecule has 1 aromatic carbocycles. The van der Waals surface area contributed by atoms with Gasteiger partial charge in [-0.15, -0.1) is 0 Å². The predicted molar refractivity (Wildman–Crippen MR) is 119 cm³/mol. The first kappa shape index (κ1) is 21.1. The predicted octanol–water partition coefficient (Wildman–Crippen LogP) is 3.37. The van der Waals surface area contributed by atoms with E-state index >= 15 is 0 Å². The summed E-state index contributed by atoms with van der Waals surface area (Å²) in [7, 11) is 0. The Morgan fingerprint density at radius 2 is 2.09 bits per heavy atom. The summed E-state index contributed by atoms with van der Waals surface area (Å²) in [5.74, 6) is 1.20. The van der Waals surface area contributed by atoms with Crippen LogP contribution in [0, 0.1) is 6.92 Å². The van der Waals surface area contributed by atoms with Gasteiger partial charge in [-0.25, -0.2) is 9.97 Å². The highest BCUT2D eigenvalue weighted by Crippen LogP contribution is 2.36. The SMILES string of the molecule is Cc1ccc(-c2noc(C3CC(O)C3)n2)cc1NC(=O)c1cnc2cc(OC(C)C)ncn12. The molecule has 0 radical (unpaired) electrons. The van der Waals surface area contributed by atoms with Gasteiger partial charge in [0.05, 0.1) is 18.4 Å². The smallest absolute Gasteiger partial charge is 0.274 e. The summed E-state index contributed by atoms with van der Waals surface area (Å²) in [6.45, 7) is 5.74. The standard InChI is InChI=1S/C23H24N6O4/c1-12(2)32-20-9-19-24-10-18(29(19)11-25-20)22(31)26-17-8-14(5-4-13(17)3)21-27-23(33-28-21)15-6-16(30)7-15/h4-5,8-12,15-16,30H,6-7H2,1-3H3,(H,26,31). The maximum absolute atomic E-state index is 13.0. The molecule has 0 aliphatic heterocycles. The Morgan fingerprint density at radius 3 is 2.85 bits per heavy atom. The van der Waals surface area contributed by atoms with E-state index in [0.717, 1.165) is 11.1 Å². The molecule has 10 heteroatoms. The number of nitrogens with zero attached hydrogens (tertiary/aromatic N) is 5. The molecule has 4 aromatic rings. The lowest BCUT2D eigenvalue weighted by molar-refractivity contribution is 0.0625. The fourth-order valence-corrected chi connectivity index (χ4v) is 3.73. The van der Waals surface area contributed by atoms with E-state index in [4.69, 9.17) is 9.26 Å². The van der Waals surface area contributed by atoms with Gasteiger partial charge in [0.2, 0.25) is 17.6 Å². The number of aryl methyl sites for hydroxylation is 1. The third-order valence-corrected chi connectivity index (χ3v) is 5.62. The molecule has 0 atom stereocenters. The molecule has 1 fully saturated rings. The summed E-state index contributed by atoms with van der Waals surface area (Å²) in [4.78, 5) is 26.0. The monoisotopic (exact) mass is 448 g/mol. The summed E-state index contributed by atoms with van der Waals surface area (Å²) in [5, 5.41) is 16.5. The molecule has 1 aliphatic rings. The van der Waals surface area contributed by atoms with E-state index in [1.165, 1.54) is 12.5 Å². The first-order valence-corrected chi connectivity index (χ1v) is 10.8. The van der Waals surface area contributed by atoms with Gasteiger partial charge in [0, 0.05) is 23.2 Å². The molecule has 33 heavy (non-hydrogen) atoms. The van der Waals surface area contributed by atoms with Crippen LogP contribution in [-0.2, 0) is 0 Å². The minimum Gasteiger partial charge on any atom is -0.475 e. The number of benzene rings is 1. The van der Waals surface area contributed by atoms with Gasteiger partial charge in [0.15, 0.2) is 0 Å². The number of imidazole rings is 1. The van der Waals surface area contributed by atoms with E-state index in [2.05, 4.69) is 25.4 Å². The number of nitrogens with one attached hydrogen (secondary N) is 1. The maximum atomic E-state index is 13.0. The zero-order valence-electron chi connectivity index (χ0n) is 18.5. The van der Waals surface area contributed by atoms with Crippen molar-refractivity contribution in [3.8, 4) is 17.3 Å². The molecule has 0 spiro atoms. The Kier molecular flexibility index (Phi) is 5.29. The Morgan fingerprint density at radius 1 is 1.27 bits per heavy atom. The molecule has 10 nitrogen and oxygen atoms in total. The van der Waals surface area contributed by atoms with Crippen molar-refractivity contribution in [1.29, 1.82) is 0 Å². The minimum absolute atomic E-state index is 0.0106. The number of amides is 1. The number of fused-ring (bicyclic) bond motifs is 1. The zero-order valence-corrected chi connectivity index (χ0v) is 18.5. The molecule has 0 bridgehead atoms. The van der Waals surface area contributed by atoms with Crippen molar-refractivity contribution in [2.24, 2.45) is 0 Å². The highest BCUT2D eigenvalue weighted by atomic mass is 16.5. The van der Waals surface area contributed by atoms with Crippen molar-refractivity contribution in [3.05, 3.63) is 53.9 Å². The molecule has 1 aliphatic carbocycles. The average Bonchev–Trinajstić information content (AvgIpc) is 3.39. The first-order chi connectivity index (χ1) is 15.9. The molecule has 3 heterocycles. The van der Waals surface area contributed by atoms with E-state index in [-0.39, 0.29) is 24.0 Å². The number of carbonyl (C=O) groups excluding carboxylic acids is 1. The van der Waals surface area contributed by atoms with Gasteiger partial charge >= 0.3 is 0 Å². The van der Waals surface area contributed by atoms with E-state index < -0.39 is 0 Å². The summed E-state index contributed by atoms with van der Waals surface area (Å²) in [6.07, 6.45) is 3.99. The Labute approximate surface area is 189 Å². The lowest BCUT2D eigenvalue weighted by Gasteiger charge is -2.27. The largest absolute Gasteiger partial charge is 0.475 e. The van der Waals surface area contributed by atoms with Crippen LogP contribution in [0.15, 0.2) is 41.3 Å². The van der Waals surface area contributed by atoms with E-state index in [1.807, 2.05) is 39.0 Å². The molecule has 2 N–H and O–H groups in total. The van der Waals surface area contributed by atoms with Crippen LogP contribution in [0.5, 0.6) is 5.88 Å². The van der Waals surface area contributed by atoms with E-state index in [0.29, 0.717) is 47.5 Å². The third kappa shape index (κ3) is 4.17. The number of ether oxygens (including phenoxy) is 1. The van der Waals surface area contributed by atoms with Crippen LogP contribution in [0.4, 0.5) is 5.69 Å². The molecular weight excluding hydrogens is 424 g/mol. The number of anilines is 1. The number of aliphatic hydroxyl groups excluding tert-OH is 1. The fourth-order valence-electron chi connectivity index (χ4n) is 3.73. The van der Waals surface area contributed by atoms with Crippen LogP contribution in [-0.4, -0.2) is 47.7 Å².